The molecule has 0 radical (unpaired) electrons. The van der Waals surface area contributed by atoms with Crippen LogP contribution in [0.3, 0.4) is 0 Å². The molecule has 7 nitrogen and oxygen atoms in total. The van der Waals surface area contributed by atoms with Crippen molar-refractivity contribution in [2.75, 3.05) is 11.9 Å². The first-order valence-electron chi connectivity index (χ1n) is 11.6. The third kappa shape index (κ3) is 5.13. The summed E-state index contributed by atoms with van der Waals surface area (Å²) < 4.78 is 25.5. The number of nitrogens with two attached hydrogens (primary N) is 1. The highest BCUT2D eigenvalue weighted by Gasteiger charge is 2.21. The van der Waals surface area contributed by atoms with Gasteiger partial charge < -0.3 is 9.88 Å². The van der Waals surface area contributed by atoms with Crippen LogP contribution < -0.4 is 10.5 Å². The number of nitrogens with zero attached hydrogens (tertiary/aromatic N) is 3. The second-order valence-electron chi connectivity index (χ2n) is 9.10. The van der Waals surface area contributed by atoms with Crippen molar-refractivity contribution in [2.45, 2.75) is 63.8 Å². The maximum atomic E-state index is 11.6. The first-order chi connectivity index (χ1) is 15.3. The van der Waals surface area contributed by atoms with Crippen LogP contribution in [0.5, 0.6) is 0 Å². The molecule has 0 amide bonds. The van der Waals surface area contributed by atoms with E-state index in [2.05, 4.69) is 34.9 Å². The van der Waals surface area contributed by atoms with Crippen LogP contribution in [0, 0.1) is 11.8 Å². The van der Waals surface area contributed by atoms with Crippen LogP contribution in [0.25, 0.3) is 22.2 Å². The Balaban J connectivity index is 1.70. The Bertz CT molecular complexity index is 1160. The summed E-state index contributed by atoms with van der Waals surface area (Å²) in [6.07, 6.45) is 11.2. The predicted molar refractivity (Wildman–Crippen MR) is 129 cm³/mol. The molecule has 3 N–H and O–H groups in total. The van der Waals surface area contributed by atoms with Gasteiger partial charge in [0.25, 0.3) is 0 Å². The van der Waals surface area contributed by atoms with Gasteiger partial charge in [0.15, 0.2) is 0 Å². The zero-order valence-electron chi connectivity index (χ0n) is 18.9. The summed E-state index contributed by atoms with van der Waals surface area (Å²) in [6, 6.07) is 6.71. The van der Waals surface area contributed by atoms with Crippen molar-refractivity contribution >= 4 is 27.0 Å². The molecule has 1 aromatic carbocycles. The highest BCUT2D eigenvalue weighted by atomic mass is 32.2. The Morgan fingerprint density at radius 3 is 2.53 bits per heavy atom. The normalized spacial score (nSPS) is 19.3. The smallest absolute Gasteiger partial charge is 0.238 e. The van der Waals surface area contributed by atoms with E-state index in [1.54, 1.807) is 24.3 Å². The molecular weight excluding hydrogens is 422 g/mol. The molecular formula is C24H33N5O2S. The first-order valence-corrected chi connectivity index (χ1v) is 13.1. The molecule has 0 aliphatic heterocycles. The number of primary sulfonamides is 1. The van der Waals surface area contributed by atoms with Crippen LogP contribution in [-0.4, -0.2) is 29.5 Å². The minimum absolute atomic E-state index is 0.111. The van der Waals surface area contributed by atoms with Crippen molar-refractivity contribution in [3.63, 3.8) is 0 Å². The number of hydrogen-bond acceptors (Lipinski definition) is 5. The zero-order chi connectivity index (χ0) is 22.7. The minimum atomic E-state index is -3.72. The predicted octanol–water partition coefficient (Wildman–Crippen LogP) is 4.78. The number of nitrogens with one attached hydrogen (secondary N) is 1. The van der Waals surface area contributed by atoms with E-state index in [-0.39, 0.29) is 4.90 Å². The van der Waals surface area contributed by atoms with E-state index < -0.39 is 10.0 Å². The van der Waals surface area contributed by atoms with Gasteiger partial charge in [0.05, 0.1) is 4.90 Å². The van der Waals surface area contributed by atoms with Crippen LogP contribution >= 0.6 is 0 Å². The van der Waals surface area contributed by atoms with Crippen LogP contribution in [-0.2, 0) is 16.6 Å². The van der Waals surface area contributed by atoms with E-state index in [9.17, 15) is 8.42 Å². The molecule has 172 valence electrons. The summed E-state index contributed by atoms with van der Waals surface area (Å²) in [5.41, 5.74) is 2.85. The number of anilines is 1. The number of fused-ring (bicyclic) bond motifs is 1. The lowest BCUT2D eigenvalue weighted by atomic mass is 9.83. The molecule has 0 unspecified atom stereocenters. The summed E-state index contributed by atoms with van der Waals surface area (Å²) in [5.74, 6) is 2.11. The fourth-order valence-corrected chi connectivity index (χ4v) is 5.03. The van der Waals surface area contributed by atoms with Gasteiger partial charge in [-0.15, -0.1) is 0 Å². The van der Waals surface area contributed by atoms with Gasteiger partial charge in [0.2, 0.25) is 16.0 Å². The standard InChI is InChI=1S/C24H33N5O2S/c1-3-4-13-26-24-27-14-21-22(19-9-11-20(12-10-19)32(25,30)31)16-29(23(21)28-24)15-18-7-5-17(2)6-8-18/h9-12,14,16-18H,3-8,13,15H2,1-2H3,(H2,25,30,31)(H,26,27,28)/t17-,18-. The van der Waals surface area contributed by atoms with Crippen molar-refractivity contribution in [1.29, 1.82) is 0 Å². The van der Waals surface area contributed by atoms with E-state index in [4.69, 9.17) is 10.1 Å². The topological polar surface area (TPSA) is 103 Å². The second-order valence-corrected chi connectivity index (χ2v) is 10.7. The quantitative estimate of drug-likeness (QED) is 0.476. The molecule has 0 bridgehead atoms. The third-order valence-electron chi connectivity index (χ3n) is 6.51. The van der Waals surface area contributed by atoms with Gasteiger partial charge in [-0.25, -0.2) is 18.5 Å². The number of benzene rings is 1. The van der Waals surface area contributed by atoms with E-state index >= 15 is 0 Å². The van der Waals surface area contributed by atoms with Crippen molar-refractivity contribution in [2.24, 2.45) is 17.0 Å². The van der Waals surface area contributed by atoms with Crippen molar-refractivity contribution in [3.05, 3.63) is 36.7 Å². The first kappa shape index (κ1) is 22.7. The molecule has 2 heterocycles. The van der Waals surface area contributed by atoms with E-state index in [1.165, 1.54) is 25.7 Å². The monoisotopic (exact) mass is 455 g/mol. The van der Waals surface area contributed by atoms with Gasteiger partial charge in [-0.1, -0.05) is 45.2 Å². The van der Waals surface area contributed by atoms with Crippen molar-refractivity contribution in [1.82, 2.24) is 14.5 Å². The molecule has 4 rings (SSSR count). The lowest BCUT2D eigenvalue weighted by Crippen LogP contribution is -2.17. The molecule has 0 spiro atoms. The Kier molecular flexibility index (Phi) is 6.81. The Labute approximate surface area is 190 Å². The summed E-state index contributed by atoms with van der Waals surface area (Å²) in [6.45, 7) is 6.29. The average molecular weight is 456 g/mol. The van der Waals surface area contributed by atoms with Gasteiger partial charge in [-0.05, 0) is 48.8 Å². The van der Waals surface area contributed by atoms with Gasteiger partial charge in [-0.3, -0.25) is 0 Å². The molecule has 1 fully saturated rings. The van der Waals surface area contributed by atoms with Crippen LogP contribution in [0.2, 0.25) is 0 Å². The summed E-state index contributed by atoms with van der Waals surface area (Å²) in [5, 5.41) is 9.56. The van der Waals surface area contributed by atoms with Gasteiger partial charge in [-0.2, -0.15) is 4.98 Å². The molecule has 1 saturated carbocycles. The van der Waals surface area contributed by atoms with Gasteiger partial charge in [0, 0.05) is 36.4 Å². The van der Waals surface area contributed by atoms with Crippen molar-refractivity contribution in [3.8, 4) is 11.1 Å². The molecule has 3 aromatic rings. The number of aromatic nitrogens is 3. The molecule has 1 aliphatic carbocycles. The number of sulfonamides is 1. The number of hydrogen-bond donors (Lipinski definition) is 2. The van der Waals surface area contributed by atoms with Gasteiger partial charge >= 0.3 is 0 Å². The average Bonchev–Trinajstić information content (AvgIpc) is 3.13. The van der Waals surface area contributed by atoms with Crippen LogP contribution in [0.15, 0.2) is 41.6 Å². The summed E-state index contributed by atoms with van der Waals surface area (Å²) >= 11 is 0. The van der Waals surface area contributed by atoms with Gasteiger partial charge in [0.1, 0.15) is 5.65 Å². The van der Waals surface area contributed by atoms with E-state index in [1.807, 2.05) is 6.20 Å². The highest BCUT2D eigenvalue weighted by Crippen LogP contribution is 2.34. The Hall–Kier alpha value is -2.45. The van der Waals surface area contributed by atoms with Crippen LogP contribution in [0.1, 0.15) is 52.4 Å². The molecule has 0 saturated heterocycles. The molecule has 0 atom stereocenters. The third-order valence-corrected chi connectivity index (χ3v) is 7.44. The summed E-state index contributed by atoms with van der Waals surface area (Å²) in [4.78, 5) is 9.51. The lowest BCUT2D eigenvalue weighted by Gasteiger charge is -2.26. The lowest BCUT2D eigenvalue weighted by molar-refractivity contribution is 0.266. The van der Waals surface area contributed by atoms with E-state index in [0.29, 0.717) is 11.9 Å². The Morgan fingerprint density at radius 1 is 1.16 bits per heavy atom. The number of unbranched alkanes of at least 4 members (excludes halogenated alkanes) is 1. The largest absolute Gasteiger partial charge is 0.354 e. The Morgan fingerprint density at radius 2 is 1.88 bits per heavy atom. The molecule has 8 heteroatoms. The number of rotatable bonds is 8. The highest BCUT2D eigenvalue weighted by molar-refractivity contribution is 7.89. The molecule has 2 aromatic heterocycles. The van der Waals surface area contributed by atoms with Crippen LogP contribution in [0.4, 0.5) is 5.95 Å². The molecule has 32 heavy (non-hydrogen) atoms. The SMILES string of the molecule is CCCCNc1ncc2c(-c3ccc(S(N)(=O)=O)cc3)cn(C[C@H]3CC[C@H](C)CC3)c2n1. The summed E-state index contributed by atoms with van der Waals surface area (Å²) in [7, 11) is -3.72. The van der Waals surface area contributed by atoms with E-state index in [0.717, 1.165) is 54.0 Å². The second kappa shape index (κ2) is 9.58. The fourth-order valence-electron chi connectivity index (χ4n) is 4.51. The fraction of sp³-hybridized carbons (Fsp3) is 0.500. The minimum Gasteiger partial charge on any atom is -0.354 e. The zero-order valence-corrected chi connectivity index (χ0v) is 19.7. The van der Waals surface area contributed by atoms with Crippen molar-refractivity contribution < 1.29 is 8.42 Å². The maximum absolute atomic E-state index is 11.6. The molecule has 1 aliphatic rings. The maximum Gasteiger partial charge on any atom is 0.238 e.